The molecule has 2 N–H and O–H groups in total. The summed E-state index contributed by atoms with van der Waals surface area (Å²) in [5.41, 5.74) is 0.857. The molecule has 0 spiro atoms. The number of hydrogen-bond donors (Lipinski definition) is 2. The van der Waals surface area contributed by atoms with E-state index in [2.05, 4.69) is 10.0 Å². The lowest BCUT2D eigenvalue weighted by molar-refractivity contribution is 0.157. The van der Waals surface area contributed by atoms with Crippen molar-refractivity contribution in [3.05, 3.63) is 28.8 Å². The fourth-order valence-corrected chi connectivity index (χ4v) is 3.55. The average Bonchev–Trinajstić information content (AvgIpc) is 2.40. The first-order valence-corrected chi connectivity index (χ1v) is 8.62. The van der Waals surface area contributed by atoms with E-state index in [-0.39, 0.29) is 16.9 Å². The first-order chi connectivity index (χ1) is 9.81. The first-order valence-electron chi connectivity index (χ1n) is 6.76. The van der Waals surface area contributed by atoms with Crippen LogP contribution < -0.4 is 10.0 Å². The van der Waals surface area contributed by atoms with Crippen LogP contribution in [0.2, 0.25) is 5.02 Å². The second kappa shape index (κ2) is 8.10. The third-order valence-corrected chi connectivity index (χ3v) is 5.00. The number of hydrogen-bond acceptors (Lipinski definition) is 4. The zero-order valence-corrected chi connectivity index (χ0v) is 14.4. The summed E-state index contributed by atoms with van der Waals surface area (Å²) in [7, 11) is -0.261. The number of sulfonamides is 1. The minimum Gasteiger partial charge on any atom is -0.383 e. The van der Waals surface area contributed by atoms with Crippen molar-refractivity contribution in [1.29, 1.82) is 0 Å². The van der Waals surface area contributed by atoms with Gasteiger partial charge in [-0.15, -0.1) is 0 Å². The van der Waals surface area contributed by atoms with E-state index in [4.69, 9.17) is 16.3 Å². The summed E-state index contributed by atoms with van der Waals surface area (Å²) in [6, 6.07) is 4.47. The topological polar surface area (TPSA) is 67.4 Å². The van der Waals surface area contributed by atoms with E-state index in [1.807, 2.05) is 13.8 Å². The minimum atomic E-state index is -3.62. The van der Waals surface area contributed by atoms with Crippen molar-refractivity contribution in [3.63, 3.8) is 0 Å². The van der Waals surface area contributed by atoms with Crippen molar-refractivity contribution >= 4 is 21.6 Å². The molecule has 0 amide bonds. The zero-order chi connectivity index (χ0) is 16.0. The summed E-state index contributed by atoms with van der Waals surface area (Å²) in [4.78, 5) is 0.161. The molecule has 1 aromatic carbocycles. The van der Waals surface area contributed by atoms with Crippen LogP contribution in [0.4, 0.5) is 0 Å². The molecule has 21 heavy (non-hydrogen) atoms. The highest BCUT2D eigenvalue weighted by atomic mass is 35.5. The maximum Gasteiger partial charge on any atom is 0.240 e. The summed E-state index contributed by atoms with van der Waals surface area (Å²) in [5.74, 6) is 0.124. The molecule has 0 aliphatic carbocycles. The van der Waals surface area contributed by atoms with Crippen LogP contribution in [-0.2, 0) is 21.3 Å². The largest absolute Gasteiger partial charge is 0.383 e. The Morgan fingerprint density at radius 1 is 1.33 bits per heavy atom. The summed E-state index contributed by atoms with van der Waals surface area (Å²) >= 11 is 6.12. The van der Waals surface area contributed by atoms with Gasteiger partial charge in [-0.3, -0.25) is 0 Å². The van der Waals surface area contributed by atoms with Crippen LogP contribution in [0.1, 0.15) is 19.4 Å². The molecule has 0 aromatic heterocycles. The van der Waals surface area contributed by atoms with Crippen molar-refractivity contribution in [2.75, 3.05) is 20.8 Å². The zero-order valence-electron chi connectivity index (χ0n) is 12.8. The second-order valence-corrected chi connectivity index (χ2v) is 7.33. The Bertz CT molecular complexity index is 561. The predicted octanol–water partition coefficient (Wildman–Crippen LogP) is 2.01. The van der Waals surface area contributed by atoms with Crippen molar-refractivity contribution in [2.45, 2.75) is 31.3 Å². The quantitative estimate of drug-likeness (QED) is 0.763. The van der Waals surface area contributed by atoms with E-state index in [9.17, 15) is 8.42 Å². The first kappa shape index (κ1) is 18.4. The van der Waals surface area contributed by atoms with Gasteiger partial charge in [-0.2, -0.15) is 0 Å². The molecule has 7 heteroatoms. The van der Waals surface area contributed by atoms with Crippen LogP contribution in [0.5, 0.6) is 0 Å². The normalized spacial score (nSPS) is 13.6. The van der Waals surface area contributed by atoms with Gasteiger partial charge in [0.05, 0.1) is 11.5 Å². The maximum atomic E-state index is 12.4. The molecule has 5 nitrogen and oxygen atoms in total. The molecule has 0 radical (unpaired) electrons. The second-order valence-electron chi connectivity index (χ2n) is 5.21. The Kier molecular flexibility index (Phi) is 7.09. The summed E-state index contributed by atoms with van der Waals surface area (Å²) < 4.78 is 32.5. The lowest BCUT2D eigenvalue weighted by atomic mass is 10.1. The standard InChI is InChI=1S/C14H23ClN2O3S/c1-10(2)14(9-20-4)17-21(18,19)12-6-5-11(8-16-3)13(15)7-12/h5-7,10,14,16-17H,8-9H2,1-4H3. The number of benzene rings is 1. The molecule has 1 atom stereocenters. The van der Waals surface area contributed by atoms with Gasteiger partial charge < -0.3 is 10.1 Å². The Morgan fingerprint density at radius 3 is 2.48 bits per heavy atom. The van der Waals surface area contributed by atoms with E-state index in [0.717, 1.165) is 5.56 Å². The smallest absolute Gasteiger partial charge is 0.240 e. The van der Waals surface area contributed by atoms with E-state index in [0.29, 0.717) is 18.2 Å². The summed E-state index contributed by atoms with van der Waals surface area (Å²) in [6.07, 6.45) is 0. The molecule has 1 rings (SSSR count). The highest BCUT2D eigenvalue weighted by Gasteiger charge is 2.23. The van der Waals surface area contributed by atoms with Crippen LogP contribution >= 0.6 is 11.6 Å². The molecule has 1 unspecified atom stereocenters. The number of ether oxygens (including phenoxy) is 1. The molecular weight excluding hydrogens is 312 g/mol. The minimum absolute atomic E-state index is 0.124. The summed E-state index contributed by atoms with van der Waals surface area (Å²) in [5, 5.41) is 3.41. The highest BCUT2D eigenvalue weighted by molar-refractivity contribution is 7.89. The number of rotatable bonds is 8. The Morgan fingerprint density at radius 2 is 2.00 bits per heavy atom. The van der Waals surface area contributed by atoms with Crippen LogP contribution in [0.25, 0.3) is 0 Å². The fourth-order valence-electron chi connectivity index (χ4n) is 1.84. The molecule has 0 saturated carbocycles. The van der Waals surface area contributed by atoms with Crippen LogP contribution in [-0.4, -0.2) is 35.2 Å². The van der Waals surface area contributed by atoms with E-state index in [1.165, 1.54) is 6.07 Å². The van der Waals surface area contributed by atoms with Crippen molar-refractivity contribution in [3.8, 4) is 0 Å². The van der Waals surface area contributed by atoms with Gasteiger partial charge in [0, 0.05) is 24.7 Å². The average molecular weight is 335 g/mol. The third-order valence-electron chi connectivity index (χ3n) is 3.16. The van der Waals surface area contributed by atoms with Crippen LogP contribution in [0.3, 0.4) is 0 Å². The van der Waals surface area contributed by atoms with E-state index < -0.39 is 10.0 Å². The number of nitrogens with one attached hydrogen (secondary N) is 2. The lowest BCUT2D eigenvalue weighted by Gasteiger charge is -2.21. The molecule has 120 valence electrons. The highest BCUT2D eigenvalue weighted by Crippen LogP contribution is 2.21. The molecule has 0 heterocycles. The molecule has 0 bridgehead atoms. The van der Waals surface area contributed by atoms with Gasteiger partial charge in [0.15, 0.2) is 0 Å². The number of methoxy groups -OCH3 is 1. The molecular formula is C14H23ClN2O3S. The van der Waals surface area contributed by atoms with Gasteiger partial charge in [-0.05, 0) is 30.7 Å². The molecule has 0 saturated heterocycles. The Hall–Kier alpha value is -0.660. The Balaban J connectivity index is 2.99. The van der Waals surface area contributed by atoms with Gasteiger partial charge in [0.25, 0.3) is 0 Å². The fraction of sp³-hybridized carbons (Fsp3) is 0.571. The maximum absolute atomic E-state index is 12.4. The van der Waals surface area contributed by atoms with Gasteiger partial charge in [0.1, 0.15) is 0 Å². The molecule has 0 fully saturated rings. The van der Waals surface area contributed by atoms with Gasteiger partial charge in [-0.1, -0.05) is 31.5 Å². The van der Waals surface area contributed by atoms with Gasteiger partial charge in [-0.25, -0.2) is 13.1 Å². The van der Waals surface area contributed by atoms with Gasteiger partial charge >= 0.3 is 0 Å². The monoisotopic (exact) mass is 334 g/mol. The van der Waals surface area contributed by atoms with Crippen molar-refractivity contribution < 1.29 is 13.2 Å². The summed E-state index contributed by atoms with van der Waals surface area (Å²) in [6.45, 7) is 4.79. The SMILES string of the molecule is CNCc1ccc(S(=O)(=O)NC(COC)C(C)C)cc1Cl. The van der Waals surface area contributed by atoms with Crippen molar-refractivity contribution in [1.82, 2.24) is 10.0 Å². The molecule has 1 aromatic rings. The van der Waals surface area contributed by atoms with E-state index >= 15 is 0 Å². The molecule has 0 aliphatic rings. The third kappa shape index (κ3) is 5.23. The molecule has 0 aliphatic heterocycles. The Labute approximate surface area is 132 Å². The van der Waals surface area contributed by atoms with Crippen LogP contribution in [0.15, 0.2) is 23.1 Å². The number of halogens is 1. The van der Waals surface area contributed by atoms with Crippen LogP contribution in [0, 0.1) is 5.92 Å². The van der Waals surface area contributed by atoms with Gasteiger partial charge in [0.2, 0.25) is 10.0 Å². The van der Waals surface area contributed by atoms with E-state index in [1.54, 1.807) is 26.3 Å². The predicted molar refractivity (Wildman–Crippen MR) is 85.0 cm³/mol. The lowest BCUT2D eigenvalue weighted by Crippen LogP contribution is -2.41. The van der Waals surface area contributed by atoms with Crippen molar-refractivity contribution in [2.24, 2.45) is 5.92 Å².